The molecule has 0 bridgehead atoms. The molecule has 0 saturated carbocycles. The van der Waals surface area contributed by atoms with Gasteiger partial charge in [0.05, 0.1) is 11.0 Å². The van der Waals surface area contributed by atoms with Crippen LogP contribution < -0.4 is 11.4 Å². The highest BCUT2D eigenvalue weighted by Gasteiger charge is 2.11. The molecule has 14 heavy (non-hydrogen) atoms. The first kappa shape index (κ1) is 8.36. The monoisotopic (exact) mass is 193 g/mol. The average molecular weight is 193 g/mol. The zero-order valence-corrected chi connectivity index (χ0v) is 7.02. The van der Waals surface area contributed by atoms with E-state index in [0.29, 0.717) is 15.8 Å². The molecule has 0 amide bonds. The topological polar surface area (TPSA) is 101 Å². The molecule has 0 aliphatic carbocycles. The van der Waals surface area contributed by atoms with E-state index in [1.54, 1.807) is 12.1 Å². The number of nitrogens with one attached hydrogen (secondary N) is 1. The number of anilines is 1. The van der Waals surface area contributed by atoms with Gasteiger partial charge in [0.25, 0.3) is 0 Å². The number of benzene rings is 1. The second kappa shape index (κ2) is 2.63. The number of fused-ring (bicyclic) bond motifs is 1. The fraction of sp³-hybridized carbons (Fsp3) is 0. The smallest absolute Gasteiger partial charge is 0.420 e. The molecule has 0 aliphatic rings. The Hall–Kier alpha value is -2.24. The van der Waals surface area contributed by atoms with E-state index in [-0.39, 0.29) is 5.52 Å². The van der Waals surface area contributed by atoms with E-state index in [4.69, 9.17) is 10.8 Å². The van der Waals surface area contributed by atoms with Gasteiger partial charge < -0.3 is 15.8 Å². The fourth-order valence-corrected chi connectivity index (χ4v) is 1.31. The third kappa shape index (κ3) is 1.05. The number of aromatic amines is 1. The number of nitrogen functional groups attached to an aromatic ring is 1. The van der Waals surface area contributed by atoms with Crippen LogP contribution in [0.3, 0.4) is 0 Å². The van der Waals surface area contributed by atoms with E-state index < -0.39 is 11.8 Å². The van der Waals surface area contributed by atoms with Crippen LogP contribution in [0.25, 0.3) is 11.0 Å². The van der Waals surface area contributed by atoms with Crippen molar-refractivity contribution < 1.29 is 9.90 Å². The molecule has 0 radical (unpaired) electrons. The molecule has 6 nitrogen and oxygen atoms in total. The first-order chi connectivity index (χ1) is 6.59. The average Bonchev–Trinajstić information content (AvgIpc) is 2.40. The Morgan fingerprint density at radius 1 is 1.50 bits per heavy atom. The minimum atomic E-state index is -1.33. The van der Waals surface area contributed by atoms with Gasteiger partial charge in [-0.3, -0.25) is 0 Å². The summed E-state index contributed by atoms with van der Waals surface area (Å²) in [6.07, 6.45) is -1.33. The maximum atomic E-state index is 11.2. The number of nitrogens with zero attached hydrogens (tertiary/aromatic N) is 1. The van der Waals surface area contributed by atoms with Gasteiger partial charge in [0, 0.05) is 5.69 Å². The van der Waals surface area contributed by atoms with E-state index in [2.05, 4.69) is 4.98 Å². The molecule has 0 saturated heterocycles. The molecule has 2 aromatic rings. The van der Waals surface area contributed by atoms with Gasteiger partial charge in [0.15, 0.2) is 0 Å². The molecule has 0 aliphatic heterocycles. The summed E-state index contributed by atoms with van der Waals surface area (Å²) < 4.78 is 0.617. The van der Waals surface area contributed by atoms with Gasteiger partial charge in [-0.25, -0.2) is 9.59 Å². The van der Waals surface area contributed by atoms with Crippen molar-refractivity contribution in [2.75, 3.05) is 5.73 Å². The van der Waals surface area contributed by atoms with E-state index >= 15 is 0 Å². The van der Waals surface area contributed by atoms with E-state index in [9.17, 15) is 9.59 Å². The summed E-state index contributed by atoms with van der Waals surface area (Å²) in [6, 6.07) is 4.58. The number of hydrogen-bond donors (Lipinski definition) is 3. The van der Waals surface area contributed by atoms with E-state index in [0.717, 1.165) is 0 Å². The number of nitrogens with two attached hydrogens (primary N) is 1. The molecule has 0 atom stereocenters. The number of carbonyl (C=O) groups is 1. The standard InChI is InChI=1S/C8H7N3O3/c9-4-1-2-5-6(3-4)11(8(13)14)7(12)10-5/h1-3H,9H2,(H,10,12)(H,13,14). The molecule has 0 fully saturated rings. The summed E-state index contributed by atoms with van der Waals surface area (Å²) in [5.74, 6) is 0. The van der Waals surface area contributed by atoms with Crippen LogP contribution >= 0.6 is 0 Å². The summed E-state index contributed by atoms with van der Waals surface area (Å²) in [5.41, 5.74) is 5.92. The molecule has 6 heteroatoms. The van der Waals surface area contributed by atoms with Gasteiger partial charge in [-0.2, -0.15) is 4.57 Å². The summed E-state index contributed by atoms with van der Waals surface area (Å²) in [4.78, 5) is 24.3. The molecule has 1 aromatic carbocycles. The first-order valence-electron chi connectivity index (χ1n) is 3.83. The van der Waals surface area contributed by atoms with Gasteiger partial charge in [-0.15, -0.1) is 0 Å². The maximum Gasteiger partial charge on any atom is 0.420 e. The van der Waals surface area contributed by atoms with Crippen molar-refractivity contribution in [2.45, 2.75) is 0 Å². The van der Waals surface area contributed by atoms with Gasteiger partial charge in [0.2, 0.25) is 0 Å². The van der Waals surface area contributed by atoms with Crippen LogP contribution in [0.2, 0.25) is 0 Å². The summed E-state index contributed by atoms with van der Waals surface area (Å²) in [7, 11) is 0. The van der Waals surface area contributed by atoms with E-state index in [1.165, 1.54) is 6.07 Å². The van der Waals surface area contributed by atoms with Crippen LogP contribution in [0.4, 0.5) is 10.5 Å². The normalized spacial score (nSPS) is 10.6. The lowest BCUT2D eigenvalue weighted by atomic mass is 10.3. The largest absolute Gasteiger partial charge is 0.464 e. The number of imidazole rings is 1. The van der Waals surface area contributed by atoms with Gasteiger partial charge in [0.1, 0.15) is 0 Å². The zero-order chi connectivity index (χ0) is 10.3. The van der Waals surface area contributed by atoms with Crippen LogP contribution in [0, 0.1) is 0 Å². The highest BCUT2D eigenvalue weighted by atomic mass is 16.4. The van der Waals surface area contributed by atoms with Crippen molar-refractivity contribution in [2.24, 2.45) is 0 Å². The Kier molecular flexibility index (Phi) is 1.57. The van der Waals surface area contributed by atoms with Crippen molar-refractivity contribution in [3.8, 4) is 0 Å². The lowest BCUT2D eigenvalue weighted by molar-refractivity contribution is 0.196. The number of H-pyrrole nitrogens is 1. The van der Waals surface area contributed by atoms with E-state index in [1.807, 2.05) is 0 Å². The number of hydrogen-bond acceptors (Lipinski definition) is 3. The van der Waals surface area contributed by atoms with Crippen LogP contribution in [0.15, 0.2) is 23.0 Å². The van der Waals surface area contributed by atoms with Gasteiger partial charge >= 0.3 is 11.8 Å². The van der Waals surface area contributed by atoms with Crippen molar-refractivity contribution >= 4 is 22.8 Å². The first-order valence-corrected chi connectivity index (χ1v) is 3.83. The van der Waals surface area contributed by atoms with Crippen LogP contribution in [-0.2, 0) is 0 Å². The minimum Gasteiger partial charge on any atom is -0.464 e. The second-order valence-corrected chi connectivity index (χ2v) is 2.82. The molecular weight excluding hydrogens is 186 g/mol. The molecule has 1 heterocycles. The quantitative estimate of drug-likeness (QED) is 0.528. The summed E-state index contributed by atoms with van der Waals surface area (Å²) in [5, 5.41) is 8.75. The number of aromatic nitrogens is 2. The van der Waals surface area contributed by atoms with Crippen LogP contribution in [0.1, 0.15) is 0 Å². The molecule has 0 spiro atoms. The molecule has 72 valence electrons. The Morgan fingerprint density at radius 3 is 2.86 bits per heavy atom. The second-order valence-electron chi connectivity index (χ2n) is 2.82. The third-order valence-electron chi connectivity index (χ3n) is 1.90. The minimum absolute atomic E-state index is 0.266. The SMILES string of the molecule is Nc1ccc2[nH]c(=O)n(C(=O)O)c2c1. The van der Waals surface area contributed by atoms with Crippen molar-refractivity contribution in [3.63, 3.8) is 0 Å². The lowest BCUT2D eigenvalue weighted by Crippen LogP contribution is -2.22. The molecule has 1 aromatic heterocycles. The number of rotatable bonds is 0. The van der Waals surface area contributed by atoms with Crippen molar-refractivity contribution in [1.29, 1.82) is 0 Å². The molecule has 4 N–H and O–H groups in total. The fourth-order valence-electron chi connectivity index (χ4n) is 1.31. The lowest BCUT2D eigenvalue weighted by Gasteiger charge is -1.95. The summed E-state index contributed by atoms with van der Waals surface area (Å²) in [6.45, 7) is 0. The third-order valence-corrected chi connectivity index (χ3v) is 1.90. The van der Waals surface area contributed by atoms with Gasteiger partial charge in [-0.1, -0.05) is 0 Å². The highest BCUT2D eigenvalue weighted by molar-refractivity contribution is 5.87. The Bertz CT molecular complexity index is 567. The van der Waals surface area contributed by atoms with Crippen molar-refractivity contribution in [3.05, 3.63) is 28.7 Å². The van der Waals surface area contributed by atoms with Crippen molar-refractivity contribution in [1.82, 2.24) is 9.55 Å². The van der Waals surface area contributed by atoms with Gasteiger partial charge in [-0.05, 0) is 18.2 Å². The van der Waals surface area contributed by atoms with Crippen LogP contribution in [-0.4, -0.2) is 20.8 Å². The predicted octanol–water partition coefficient (Wildman–Crippen LogP) is 0.438. The Morgan fingerprint density at radius 2 is 2.21 bits per heavy atom. The predicted molar refractivity (Wildman–Crippen MR) is 50.4 cm³/mol. The molecular formula is C8H7N3O3. The highest BCUT2D eigenvalue weighted by Crippen LogP contribution is 2.13. The molecule has 2 rings (SSSR count). The Labute approximate surface area is 77.6 Å². The summed E-state index contributed by atoms with van der Waals surface area (Å²) >= 11 is 0. The Balaban J connectivity index is 2.93. The van der Waals surface area contributed by atoms with Crippen LogP contribution in [0.5, 0.6) is 0 Å². The zero-order valence-electron chi connectivity index (χ0n) is 7.02. The molecule has 0 unspecified atom stereocenters. The maximum absolute atomic E-state index is 11.2. The number of carboxylic acid groups (broad SMARTS) is 1.